The minimum absolute atomic E-state index is 0.00112. The molecule has 0 aromatic heterocycles. The van der Waals surface area contributed by atoms with Gasteiger partial charge >= 0.3 is 5.97 Å². The molecule has 0 aromatic carbocycles. The van der Waals surface area contributed by atoms with E-state index in [1.54, 1.807) is 14.0 Å². The van der Waals surface area contributed by atoms with Crippen molar-refractivity contribution >= 4 is 11.9 Å². The standard InChI is InChI=1S/C40H70N2O5/c1-28(2)32(47-29(3)43)13-16-37(5)14-9-15-39(7)33(37)11-10-31-34-30(36(4)18-19-36)12-17-40(34,21-20-38(31,39)6)35(44)42-23-22-41-24-25-46-27-26-45-8/h28,30-34,41H,9-27H2,1-8H3,(H,42,44). The fourth-order valence-electron chi connectivity index (χ4n) is 12.2. The van der Waals surface area contributed by atoms with Crippen molar-refractivity contribution in [2.75, 3.05) is 46.6 Å². The van der Waals surface area contributed by atoms with E-state index >= 15 is 0 Å². The van der Waals surface area contributed by atoms with Crippen LogP contribution < -0.4 is 10.6 Å². The first kappa shape index (κ1) is 37.1. The van der Waals surface area contributed by atoms with Gasteiger partial charge in [-0.2, -0.15) is 0 Å². The van der Waals surface area contributed by atoms with Crippen LogP contribution in [0, 0.1) is 56.7 Å². The minimum Gasteiger partial charge on any atom is -0.462 e. The van der Waals surface area contributed by atoms with Gasteiger partial charge in [-0.15, -0.1) is 0 Å². The lowest BCUT2D eigenvalue weighted by atomic mass is 9.35. The van der Waals surface area contributed by atoms with Gasteiger partial charge in [0.25, 0.3) is 0 Å². The highest BCUT2D eigenvalue weighted by molar-refractivity contribution is 5.83. The predicted molar refractivity (Wildman–Crippen MR) is 188 cm³/mol. The highest BCUT2D eigenvalue weighted by Gasteiger charge is 2.71. The summed E-state index contributed by atoms with van der Waals surface area (Å²) < 4.78 is 16.4. The third-order valence-electron chi connectivity index (χ3n) is 15.3. The van der Waals surface area contributed by atoms with Gasteiger partial charge < -0.3 is 24.8 Å². The van der Waals surface area contributed by atoms with Gasteiger partial charge in [0.1, 0.15) is 6.10 Å². The summed E-state index contributed by atoms with van der Waals surface area (Å²) in [7, 11) is 1.69. The van der Waals surface area contributed by atoms with Crippen LogP contribution in [0.5, 0.6) is 0 Å². The molecule has 5 fully saturated rings. The maximum absolute atomic E-state index is 14.4. The molecule has 0 radical (unpaired) electrons. The van der Waals surface area contributed by atoms with E-state index in [0.717, 1.165) is 38.8 Å². The molecule has 5 aliphatic carbocycles. The molecule has 5 rings (SSSR count). The van der Waals surface area contributed by atoms with Gasteiger partial charge in [-0.3, -0.25) is 9.59 Å². The predicted octanol–water partition coefficient (Wildman–Crippen LogP) is 7.56. The van der Waals surface area contributed by atoms with Crippen molar-refractivity contribution in [1.29, 1.82) is 0 Å². The molecular weight excluding hydrogens is 588 g/mol. The van der Waals surface area contributed by atoms with Crippen LogP contribution in [0.4, 0.5) is 0 Å². The monoisotopic (exact) mass is 659 g/mol. The van der Waals surface area contributed by atoms with E-state index in [4.69, 9.17) is 14.2 Å². The molecule has 0 aromatic rings. The number of methoxy groups -OCH3 is 1. The van der Waals surface area contributed by atoms with Crippen LogP contribution in [0.15, 0.2) is 0 Å². The fourth-order valence-corrected chi connectivity index (χ4v) is 12.2. The summed E-state index contributed by atoms with van der Waals surface area (Å²) >= 11 is 0. The number of rotatable bonds is 16. The van der Waals surface area contributed by atoms with Gasteiger partial charge in [-0.25, -0.2) is 0 Å². The zero-order valence-corrected chi connectivity index (χ0v) is 31.4. The average molecular weight is 659 g/mol. The average Bonchev–Trinajstić information content (AvgIpc) is 3.63. The second-order valence-corrected chi connectivity index (χ2v) is 18.1. The van der Waals surface area contributed by atoms with Crippen LogP contribution >= 0.6 is 0 Å². The SMILES string of the molecule is COCCOCCNCCNC(=O)C12CCC(C3(C)CC3)C1C1CCC3C(C)(CCC(OC(C)=O)C(C)C)CCCC3(C)C1(C)CC2. The molecule has 0 spiro atoms. The summed E-state index contributed by atoms with van der Waals surface area (Å²) in [5.74, 6) is 2.99. The first-order valence-corrected chi connectivity index (χ1v) is 19.5. The van der Waals surface area contributed by atoms with E-state index in [0.29, 0.717) is 67.3 Å². The van der Waals surface area contributed by atoms with Crippen LogP contribution in [-0.4, -0.2) is 64.5 Å². The molecule has 1 amide bonds. The largest absolute Gasteiger partial charge is 0.462 e. The molecule has 7 nitrogen and oxygen atoms in total. The topological polar surface area (TPSA) is 85.9 Å². The van der Waals surface area contributed by atoms with Crippen molar-refractivity contribution < 1.29 is 23.8 Å². The van der Waals surface area contributed by atoms with Gasteiger partial charge in [-0.1, -0.05) is 48.0 Å². The van der Waals surface area contributed by atoms with Crippen molar-refractivity contribution in [3.63, 3.8) is 0 Å². The van der Waals surface area contributed by atoms with E-state index in [2.05, 4.69) is 52.2 Å². The van der Waals surface area contributed by atoms with E-state index < -0.39 is 0 Å². The number of esters is 1. The first-order valence-electron chi connectivity index (χ1n) is 19.5. The number of hydrogen-bond donors (Lipinski definition) is 2. The number of ether oxygens (including phenoxy) is 3. The molecule has 5 aliphatic rings. The summed E-state index contributed by atoms with van der Waals surface area (Å²) in [6.45, 7) is 20.5. The van der Waals surface area contributed by atoms with Crippen molar-refractivity contribution in [2.24, 2.45) is 56.7 Å². The molecule has 0 saturated heterocycles. The lowest BCUT2D eigenvalue weighted by Gasteiger charge is -2.69. The molecule has 47 heavy (non-hydrogen) atoms. The summed E-state index contributed by atoms with van der Waals surface area (Å²) in [6.07, 6.45) is 15.7. The van der Waals surface area contributed by atoms with Gasteiger partial charge in [0.05, 0.1) is 25.2 Å². The number of carbonyl (C=O) groups excluding carboxylic acids is 2. The van der Waals surface area contributed by atoms with Crippen molar-refractivity contribution in [2.45, 2.75) is 138 Å². The third-order valence-corrected chi connectivity index (χ3v) is 15.3. The van der Waals surface area contributed by atoms with Crippen molar-refractivity contribution in [1.82, 2.24) is 10.6 Å². The summed E-state index contributed by atoms with van der Waals surface area (Å²) in [5.41, 5.74) is 1.00. The van der Waals surface area contributed by atoms with Crippen LogP contribution in [0.3, 0.4) is 0 Å². The molecule has 0 heterocycles. The lowest BCUT2D eigenvalue weighted by Crippen LogP contribution is -2.64. The first-order chi connectivity index (χ1) is 22.3. The Morgan fingerprint density at radius 1 is 0.809 bits per heavy atom. The summed E-state index contributed by atoms with van der Waals surface area (Å²) in [6, 6.07) is 0. The second kappa shape index (κ2) is 14.6. The molecule has 9 atom stereocenters. The highest BCUT2D eigenvalue weighted by Crippen LogP contribution is 2.77. The van der Waals surface area contributed by atoms with Gasteiger partial charge in [0.2, 0.25) is 5.91 Å². The van der Waals surface area contributed by atoms with Crippen LogP contribution in [0.1, 0.15) is 132 Å². The Labute approximate surface area is 287 Å². The Morgan fingerprint density at radius 2 is 1.57 bits per heavy atom. The second-order valence-electron chi connectivity index (χ2n) is 18.1. The number of carbonyl (C=O) groups is 2. The number of fused-ring (bicyclic) bond motifs is 5. The normalized spacial score (nSPS) is 39.4. The summed E-state index contributed by atoms with van der Waals surface area (Å²) in [5, 5.41) is 6.90. The smallest absolute Gasteiger partial charge is 0.302 e. The Kier molecular flexibility index (Phi) is 11.5. The maximum atomic E-state index is 14.4. The molecule has 7 heteroatoms. The van der Waals surface area contributed by atoms with E-state index in [9.17, 15) is 9.59 Å². The number of amides is 1. The Balaban J connectivity index is 1.31. The molecular formula is C40H70N2O5. The molecule has 9 unspecified atom stereocenters. The van der Waals surface area contributed by atoms with Crippen molar-refractivity contribution in [3.8, 4) is 0 Å². The molecule has 270 valence electrons. The van der Waals surface area contributed by atoms with Crippen LogP contribution in [-0.2, 0) is 23.8 Å². The van der Waals surface area contributed by atoms with Gasteiger partial charge in [0.15, 0.2) is 0 Å². The zero-order valence-electron chi connectivity index (χ0n) is 31.4. The highest BCUT2D eigenvalue weighted by atomic mass is 16.5. The number of hydrogen-bond acceptors (Lipinski definition) is 6. The lowest BCUT2D eigenvalue weighted by molar-refractivity contribution is -0.211. The van der Waals surface area contributed by atoms with E-state index in [-0.39, 0.29) is 33.7 Å². The quantitative estimate of drug-likeness (QED) is 0.132. The third kappa shape index (κ3) is 7.07. The zero-order chi connectivity index (χ0) is 34.1. The molecule has 5 saturated carbocycles. The summed E-state index contributed by atoms with van der Waals surface area (Å²) in [4.78, 5) is 26.3. The Hall–Kier alpha value is -1.18. The minimum atomic E-state index is -0.209. The van der Waals surface area contributed by atoms with Crippen LogP contribution in [0.2, 0.25) is 0 Å². The van der Waals surface area contributed by atoms with Crippen molar-refractivity contribution in [3.05, 3.63) is 0 Å². The maximum Gasteiger partial charge on any atom is 0.302 e. The Bertz CT molecular complexity index is 1090. The van der Waals surface area contributed by atoms with E-state index in [1.807, 2.05) is 0 Å². The molecule has 2 N–H and O–H groups in total. The number of nitrogens with one attached hydrogen (secondary N) is 2. The molecule has 0 bridgehead atoms. The van der Waals surface area contributed by atoms with Crippen LogP contribution in [0.25, 0.3) is 0 Å². The Morgan fingerprint density at radius 3 is 2.26 bits per heavy atom. The fraction of sp³-hybridized carbons (Fsp3) is 0.950. The van der Waals surface area contributed by atoms with E-state index in [1.165, 1.54) is 57.8 Å². The molecule has 0 aliphatic heterocycles. The van der Waals surface area contributed by atoms with Gasteiger partial charge in [0, 0.05) is 33.7 Å². The van der Waals surface area contributed by atoms with Gasteiger partial charge in [-0.05, 0) is 128 Å².